The molecule has 3 aromatic rings. The molecule has 1 N–H and O–H groups in total. The number of nitrogens with zero attached hydrogens (tertiary/aromatic N) is 2. The molecular weight excluding hydrogens is 386 g/mol. The Morgan fingerprint density at radius 3 is 2.06 bits per heavy atom. The number of benzene rings is 3. The number of hydrogen-bond acceptors (Lipinski definition) is 4. The minimum absolute atomic E-state index is 0.145. The number of nitrogens with one attached hydrogen (secondary N) is 1. The fourth-order valence-electron chi connectivity index (χ4n) is 3.31. The van der Waals surface area contributed by atoms with E-state index in [1.807, 2.05) is 49.4 Å². The molecule has 0 saturated heterocycles. The predicted octanol–water partition coefficient (Wildman–Crippen LogP) is 5.44. The van der Waals surface area contributed by atoms with E-state index in [2.05, 4.69) is 29.1 Å². The summed E-state index contributed by atoms with van der Waals surface area (Å²) in [5.74, 6) is -0.950. The molecule has 0 bridgehead atoms. The van der Waals surface area contributed by atoms with Gasteiger partial charge in [-0.05, 0) is 56.7 Å². The van der Waals surface area contributed by atoms with Crippen LogP contribution in [0.15, 0.2) is 83.9 Å². The standard InChI is InChI=1S/C26H27N3O2/c1-4-29(5-2)22-16-17-23(19(3)18-22)28-24(25(30)20-12-8-6-9-13-20)26(31)27-21-14-10-7-11-15-21/h6-18H,4-5H2,1-3H3,(H,27,31). The average Bonchev–Trinajstić information content (AvgIpc) is 2.80. The lowest BCUT2D eigenvalue weighted by molar-refractivity contribution is -0.110. The third-order valence-corrected chi connectivity index (χ3v) is 5.04. The Bertz CT molecular complexity index is 1070. The van der Waals surface area contributed by atoms with E-state index in [0.717, 1.165) is 24.3 Å². The number of carbonyl (C=O) groups excluding carboxylic acids is 2. The molecular formula is C26H27N3O2. The van der Waals surface area contributed by atoms with Crippen LogP contribution in [0, 0.1) is 6.92 Å². The minimum Gasteiger partial charge on any atom is -0.372 e. The van der Waals surface area contributed by atoms with Gasteiger partial charge < -0.3 is 10.2 Å². The van der Waals surface area contributed by atoms with Gasteiger partial charge in [0.05, 0.1) is 5.69 Å². The van der Waals surface area contributed by atoms with Crippen LogP contribution in [0.2, 0.25) is 0 Å². The third-order valence-electron chi connectivity index (χ3n) is 5.04. The summed E-state index contributed by atoms with van der Waals surface area (Å²) in [6.07, 6.45) is 0. The fourth-order valence-corrected chi connectivity index (χ4v) is 3.31. The highest BCUT2D eigenvalue weighted by molar-refractivity contribution is 6.70. The molecule has 0 aliphatic rings. The second-order valence-corrected chi connectivity index (χ2v) is 7.12. The van der Waals surface area contributed by atoms with Gasteiger partial charge in [-0.15, -0.1) is 0 Å². The average molecular weight is 414 g/mol. The topological polar surface area (TPSA) is 61.8 Å². The van der Waals surface area contributed by atoms with Crippen molar-refractivity contribution in [1.29, 1.82) is 0 Å². The lowest BCUT2D eigenvalue weighted by atomic mass is 10.1. The van der Waals surface area contributed by atoms with E-state index in [1.54, 1.807) is 36.4 Å². The Balaban J connectivity index is 2.00. The number of amides is 1. The van der Waals surface area contributed by atoms with Gasteiger partial charge in [0.25, 0.3) is 5.91 Å². The summed E-state index contributed by atoms with van der Waals surface area (Å²) < 4.78 is 0. The van der Waals surface area contributed by atoms with Gasteiger partial charge in [-0.3, -0.25) is 9.59 Å². The molecule has 1 amide bonds. The summed E-state index contributed by atoms with van der Waals surface area (Å²) in [4.78, 5) is 33.0. The summed E-state index contributed by atoms with van der Waals surface area (Å²) in [7, 11) is 0. The van der Waals surface area contributed by atoms with Gasteiger partial charge in [0.2, 0.25) is 5.78 Å². The number of Topliss-reactive ketones (excluding diaryl/α,β-unsaturated/α-hetero) is 1. The largest absolute Gasteiger partial charge is 0.372 e. The lowest BCUT2D eigenvalue weighted by Crippen LogP contribution is -2.30. The van der Waals surface area contributed by atoms with Crippen molar-refractivity contribution in [3.63, 3.8) is 0 Å². The number of carbonyl (C=O) groups is 2. The van der Waals surface area contributed by atoms with Crippen molar-refractivity contribution in [1.82, 2.24) is 0 Å². The Labute approximate surface area is 183 Å². The van der Waals surface area contributed by atoms with E-state index >= 15 is 0 Å². The number of ketones is 1. The van der Waals surface area contributed by atoms with E-state index in [9.17, 15) is 9.59 Å². The smallest absolute Gasteiger partial charge is 0.278 e. The lowest BCUT2D eigenvalue weighted by Gasteiger charge is -2.21. The third kappa shape index (κ3) is 5.45. The van der Waals surface area contributed by atoms with Gasteiger partial charge in [0.15, 0.2) is 5.71 Å². The van der Waals surface area contributed by atoms with E-state index in [1.165, 1.54) is 0 Å². The highest BCUT2D eigenvalue weighted by atomic mass is 16.2. The molecule has 158 valence electrons. The van der Waals surface area contributed by atoms with Crippen LogP contribution < -0.4 is 10.2 Å². The Morgan fingerprint density at radius 2 is 1.48 bits per heavy atom. The molecule has 5 heteroatoms. The summed E-state index contributed by atoms with van der Waals surface area (Å²) in [6.45, 7) is 7.95. The second-order valence-electron chi connectivity index (χ2n) is 7.12. The molecule has 0 fully saturated rings. The Morgan fingerprint density at radius 1 is 0.871 bits per heavy atom. The molecule has 0 unspecified atom stereocenters. The van der Waals surface area contributed by atoms with Crippen molar-refractivity contribution in [2.24, 2.45) is 4.99 Å². The molecule has 3 rings (SSSR count). The first kappa shape index (κ1) is 22.0. The summed E-state index contributed by atoms with van der Waals surface area (Å²) >= 11 is 0. The zero-order valence-corrected chi connectivity index (χ0v) is 18.1. The Kier molecular flexibility index (Phi) is 7.33. The number of anilines is 2. The highest BCUT2D eigenvalue weighted by Crippen LogP contribution is 2.25. The van der Waals surface area contributed by atoms with Crippen LogP contribution in [0.3, 0.4) is 0 Å². The zero-order valence-electron chi connectivity index (χ0n) is 18.1. The first-order chi connectivity index (χ1) is 15.0. The molecule has 0 spiro atoms. The first-order valence-electron chi connectivity index (χ1n) is 10.4. The van der Waals surface area contributed by atoms with Gasteiger partial charge in [0.1, 0.15) is 0 Å². The van der Waals surface area contributed by atoms with Crippen LogP contribution in [0.1, 0.15) is 29.8 Å². The molecule has 0 aliphatic carbocycles. The van der Waals surface area contributed by atoms with E-state index in [0.29, 0.717) is 16.9 Å². The van der Waals surface area contributed by atoms with Crippen molar-refractivity contribution in [3.05, 3.63) is 90.0 Å². The Hall–Kier alpha value is -3.73. The maximum absolute atomic E-state index is 13.2. The molecule has 5 nitrogen and oxygen atoms in total. The molecule has 31 heavy (non-hydrogen) atoms. The molecule has 3 aromatic carbocycles. The fraction of sp³-hybridized carbons (Fsp3) is 0.192. The number of rotatable bonds is 8. The molecule has 0 aromatic heterocycles. The monoisotopic (exact) mass is 413 g/mol. The second kappa shape index (κ2) is 10.3. The van der Waals surface area contributed by atoms with E-state index in [-0.39, 0.29) is 5.71 Å². The van der Waals surface area contributed by atoms with Crippen LogP contribution in [-0.2, 0) is 4.79 Å². The van der Waals surface area contributed by atoms with Crippen LogP contribution >= 0.6 is 0 Å². The van der Waals surface area contributed by atoms with E-state index < -0.39 is 11.7 Å². The molecule has 0 radical (unpaired) electrons. The van der Waals surface area contributed by atoms with Crippen LogP contribution in [0.25, 0.3) is 0 Å². The minimum atomic E-state index is -0.535. The van der Waals surface area contributed by atoms with Crippen molar-refractivity contribution in [2.75, 3.05) is 23.3 Å². The number of para-hydroxylation sites is 1. The molecule has 0 saturated carbocycles. The maximum atomic E-state index is 13.2. The SMILES string of the molecule is CCN(CC)c1ccc(N=C(C(=O)Nc2ccccc2)C(=O)c2ccccc2)c(C)c1. The van der Waals surface area contributed by atoms with Crippen LogP contribution in [0.5, 0.6) is 0 Å². The highest BCUT2D eigenvalue weighted by Gasteiger charge is 2.23. The van der Waals surface area contributed by atoms with Gasteiger partial charge in [-0.1, -0.05) is 48.5 Å². The van der Waals surface area contributed by atoms with Gasteiger partial charge in [-0.25, -0.2) is 4.99 Å². The van der Waals surface area contributed by atoms with E-state index in [4.69, 9.17) is 0 Å². The van der Waals surface area contributed by atoms with Gasteiger partial charge >= 0.3 is 0 Å². The van der Waals surface area contributed by atoms with Crippen molar-refractivity contribution < 1.29 is 9.59 Å². The van der Waals surface area contributed by atoms with Crippen molar-refractivity contribution >= 4 is 34.5 Å². The first-order valence-corrected chi connectivity index (χ1v) is 10.4. The van der Waals surface area contributed by atoms with Gasteiger partial charge in [0, 0.05) is 30.0 Å². The number of aryl methyl sites for hydroxylation is 1. The quantitative estimate of drug-likeness (QED) is 0.304. The van der Waals surface area contributed by atoms with Crippen LogP contribution in [0.4, 0.5) is 17.1 Å². The van der Waals surface area contributed by atoms with Crippen molar-refractivity contribution in [2.45, 2.75) is 20.8 Å². The summed E-state index contributed by atoms with van der Waals surface area (Å²) in [5, 5.41) is 2.78. The van der Waals surface area contributed by atoms with Crippen LogP contribution in [-0.4, -0.2) is 30.5 Å². The number of aliphatic imine (C=N–C) groups is 1. The maximum Gasteiger partial charge on any atom is 0.278 e. The molecule has 0 aliphatic heterocycles. The summed E-state index contributed by atoms with van der Waals surface area (Å²) in [6, 6.07) is 23.6. The number of hydrogen-bond donors (Lipinski definition) is 1. The normalized spacial score (nSPS) is 11.1. The summed E-state index contributed by atoms with van der Waals surface area (Å²) in [5.41, 5.74) is 3.46. The predicted molar refractivity (Wildman–Crippen MR) is 128 cm³/mol. The van der Waals surface area contributed by atoms with Crippen molar-refractivity contribution in [3.8, 4) is 0 Å². The van der Waals surface area contributed by atoms with Gasteiger partial charge in [-0.2, -0.15) is 0 Å². The molecule has 0 heterocycles. The zero-order chi connectivity index (χ0) is 22.2. The molecule has 0 atom stereocenters.